The van der Waals surface area contributed by atoms with Gasteiger partial charge in [-0.1, -0.05) is 27.7 Å². The Kier molecular flexibility index (Phi) is 8.93. The molecular formula is C17H34N2O2. The van der Waals surface area contributed by atoms with Crippen LogP contribution in [0.5, 0.6) is 0 Å². The molecule has 1 aliphatic heterocycles. The molecule has 4 heteroatoms. The predicted molar refractivity (Wildman–Crippen MR) is 87.4 cm³/mol. The van der Waals surface area contributed by atoms with Gasteiger partial charge < -0.3 is 9.64 Å². The number of carbonyl (C=O) groups excluding carboxylic acids is 1. The van der Waals surface area contributed by atoms with Crippen LogP contribution < -0.4 is 0 Å². The summed E-state index contributed by atoms with van der Waals surface area (Å²) in [7, 11) is 0. The van der Waals surface area contributed by atoms with E-state index in [4.69, 9.17) is 4.74 Å². The zero-order valence-corrected chi connectivity index (χ0v) is 14.4. The van der Waals surface area contributed by atoms with Gasteiger partial charge in [-0.25, -0.2) is 0 Å². The average Bonchev–Trinajstić information content (AvgIpc) is 2.46. The van der Waals surface area contributed by atoms with Crippen LogP contribution in [0.4, 0.5) is 0 Å². The Morgan fingerprint density at radius 1 is 1.19 bits per heavy atom. The van der Waals surface area contributed by atoms with Crippen molar-refractivity contribution in [2.24, 2.45) is 5.92 Å². The van der Waals surface area contributed by atoms with Gasteiger partial charge in [0.25, 0.3) is 0 Å². The number of hydrogen-bond acceptors (Lipinski definition) is 3. The van der Waals surface area contributed by atoms with E-state index in [9.17, 15) is 4.79 Å². The molecule has 0 radical (unpaired) electrons. The first-order valence-electron chi connectivity index (χ1n) is 8.68. The highest BCUT2D eigenvalue weighted by molar-refractivity contribution is 5.78. The van der Waals surface area contributed by atoms with Crippen molar-refractivity contribution in [3.8, 4) is 0 Å². The van der Waals surface area contributed by atoms with Crippen molar-refractivity contribution in [3.05, 3.63) is 0 Å². The summed E-state index contributed by atoms with van der Waals surface area (Å²) in [4.78, 5) is 16.6. The number of hydrogen-bond donors (Lipinski definition) is 0. The Balaban J connectivity index is 2.29. The molecule has 4 nitrogen and oxygen atoms in total. The normalized spacial score (nSPS) is 17.4. The standard InChI is InChI=1S/C17H34N2O2/c1-5-9-19(10-6-2)17(20)13-18-11-7-16(8-12-18)21-14-15(3)4/h15-16H,5-14H2,1-4H3. The van der Waals surface area contributed by atoms with Crippen molar-refractivity contribution < 1.29 is 9.53 Å². The van der Waals surface area contributed by atoms with E-state index in [0.29, 0.717) is 24.5 Å². The van der Waals surface area contributed by atoms with Gasteiger partial charge in [-0.15, -0.1) is 0 Å². The molecule has 0 saturated carbocycles. The first kappa shape index (κ1) is 18.4. The molecular weight excluding hydrogens is 264 g/mol. The van der Waals surface area contributed by atoms with Gasteiger partial charge >= 0.3 is 0 Å². The highest BCUT2D eigenvalue weighted by Crippen LogP contribution is 2.15. The van der Waals surface area contributed by atoms with Crippen LogP contribution in [0.3, 0.4) is 0 Å². The Bertz CT molecular complexity index is 281. The number of nitrogens with zero attached hydrogens (tertiary/aromatic N) is 2. The minimum absolute atomic E-state index is 0.292. The molecule has 0 bridgehead atoms. The van der Waals surface area contributed by atoms with Crippen LogP contribution in [0, 0.1) is 5.92 Å². The topological polar surface area (TPSA) is 32.8 Å². The number of likely N-dealkylation sites (tertiary alicyclic amines) is 1. The van der Waals surface area contributed by atoms with Crippen molar-refractivity contribution >= 4 is 5.91 Å². The summed E-state index contributed by atoms with van der Waals surface area (Å²) in [5, 5.41) is 0. The van der Waals surface area contributed by atoms with E-state index in [-0.39, 0.29) is 0 Å². The fourth-order valence-electron chi connectivity index (χ4n) is 2.75. The lowest BCUT2D eigenvalue weighted by atomic mass is 10.1. The quantitative estimate of drug-likeness (QED) is 0.656. The van der Waals surface area contributed by atoms with Gasteiger partial charge in [0.1, 0.15) is 0 Å². The van der Waals surface area contributed by atoms with Crippen molar-refractivity contribution in [1.29, 1.82) is 0 Å². The first-order chi connectivity index (χ1) is 10.1. The Labute approximate surface area is 130 Å². The van der Waals surface area contributed by atoms with Crippen LogP contribution >= 0.6 is 0 Å². The lowest BCUT2D eigenvalue weighted by molar-refractivity contribution is -0.133. The van der Waals surface area contributed by atoms with Gasteiger partial charge in [-0.2, -0.15) is 0 Å². The van der Waals surface area contributed by atoms with Crippen molar-refractivity contribution in [2.75, 3.05) is 39.3 Å². The van der Waals surface area contributed by atoms with E-state index in [1.807, 2.05) is 4.90 Å². The third kappa shape index (κ3) is 7.28. The molecule has 0 aromatic rings. The molecule has 0 aliphatic carbocycles. The third-order valence-corrected chi connectivity index (χ3v) is 3.90. The van der Waals surface area contributed by atoms with E-state index in [2.05, 4.69) is 32.6 Å². The summed E-state index contributed by atoms with van der Waals surface area (Å²) in [5.74, 6) is 0.890. The van der Waals surface area contributed by atoms with Gasteiger partial charge in [0.05, 0.1) is 12.6 Å². The molecule has 124 valence electrons. The molecule has 0 aromatic heterocycles. The third-order valence-electron chi connectivity index (χ3n) is 3.90. The number of amides is 1. The van der Waals surface area contributed by atoms with Gasteiger partial charge in [0.2, 0.25) is 5.91 Å². The molecule has 1 amide bonds. The van der Waals surface area contributed by atoms with Crippen LogP contribution in [0.15, 0.2) is 0 Å². The number of piperidine rings is 1. The SMILES string of the molecule is CCCN(CCC)C(=O)CN1CCC(OCC(C)C)CC1. The minimum Gasteiger partial charge on any atom is -0.378 e. The largest absolute Gasteiger partial charge is 0.378 e. The molecule has 0 unspecified atom stereocenters. The van der Waals surface area contributed by atoms with E-state index < -0.39 is 0 Å². The lowest BCUT2D eigenvalue weighted by Gasteiger charge is -2.33. The first-order valence-corrected chi connectivity index (χ1v) is 8.68. The van der Waals surface area contributed by atoms with E-state index in [1.54, 1.807) is 0 Å². The van der Waals surface area contributed by atoms with Crippen molar-refractivity contribution in [1.82, 2.24) is 9.80 Å². The number of rotatable bonds is 9. The Morgan fingerprint density at radius 3 is 2.24 bits per heavy atom. The summed E-state index contributed by atoms with van der Waals surface area (Å²) in [6.45, 7) is 13.8. The maximum atomic E-state index is 12.3. The van der Waals surface area contributed by atoms with E-state index >= 15 is 0 Å². The van der Waals surface area contributed by atoms with E-state index in [1.165, 1.54) is 0 Å². The molecule has 0 spiro atoms. The zero-order chi connectivity index (χ0) is 15.7. The van der Waals surface area contributed by atoms with E-state index in [0.717, 1.165) is 58.5 Å². The number of ether oxygens (including phenoxy) is 1. The highest BCUT2D eigenvalue weighted by Gasteiger charge is 2.23. The van der Waals surface area contributed by atoms with Gasteiger partial charge in [-0.05, 0) is 31.6 Å². The van der Waals surface area contributed by atoms with Crippen molar-refractivity contribution in [3.63, 3.8) is 0 Å². The summed E-state index contributed by atoms with van der Waals surface area (Å²) in [6.07, 6.45) is 4.58. The minimum atomic E-state index is 0.292. The van der Waals surface area contributed by atoms with Gasteiger partial charge in [-0.3, -0.25) is 9.69 Å². The highest BCUT2D eigenvalue weighted by atomic mass is 16.5. The van der Waals surface area contributed by atoms with Crippen LogP contribution in [-0.2, 0) is 9.53 Å². The lowest BCUT2D eigenvalue weighted by Crippen LogP contribution is -2.45. The summed E-state index contributed by atoms with van der Waals surface area (Å²) in [6, 6.07) is 0. The summed E-state index contributed by atoms with van der Waals surface area (Å²) in [5.41, 5.74) is 0. The Morgan fingerprint density at radius 2 is 1.76 bits per heavy atom. The van der Waals surface area contributed by atoms with Crippen LogP contribution in [0.1, 0.15) is 53.4 Å². The molecule has 1 heterocycles. The second-order valence-electron chi connectivity index (χ2n) is 6.58. The van der Waals surface area contributed by atoms with Crippen LogP contribution in [0.2, 0.25) is 0 Å². The Hall–Kier alpha value is -0.610. The fraction of sp³-hybridized carbons (Fsp3) is 0.941. The smallest absolute Gasteiger partial charge is 0.236 e. The molecule has 1 fully saturated rings. The van der Waals surface area contributed by atoms with Gasteiger partial charge in [0.15, 0.2) is 0 Å². The molecule has 0 N–H and O–H groups in total. The predicted octanol–water partition coefficient (Wildman–Crippen LogP) is 2.77. The van der Waals surface area contributed by atoms with Crippen LogP contribution in [0.25, 0.3) is 0 Å². The number of carbonyl (C=O) groups is 1. The average molecular weight is 298 g/mol. The maximum absolute atomic E-state index is 12.3. The molecule has 0 atom stereocenters. The second kappa shape index (κ2) is 10.2. The monoisotopic (exact) mass is 298 g/mol. The van der Waals surface area contributed by atoms with Gasteiger partial charge in [0, 0.05) is 32.8 Å². The molecule has 1 aliphatic rings. The fourth-order valence-corrected chi connectivity index (χ4v) is 2.75. The second-order valence-corrected chi connectivity index (χ2v) is 6.58. The van der Waals surface area contributed by atoms with Crippen molar-refractivity contribution in [2.45, 2.75) is 59.5 Å². The van der Waals surface area contributed by atoms with Crippen LogP contribution in [-0.4, -0.2) is 61.1 Å². The molecule has 1 rings (SSSR count). The maximum Gasteiger partial charge on any atom is 0.236 e. The molecule has 21 heavy (non-hydrogen) atoms. The molecule has 1 saturated heterocycles. The zero-order valence-electron chi connectivity index (χ0n) is 14.4. The summed E-state index contributed by atoms with van der Waals surface area (Å²) >= 11 is 0. The summed E-state index contributed by atoms with van der Waals surface area (Å²) < 4.78 is 5.90. The molecule has 0 aromatic carbocycles.